The van der Waals surface area contributed by atoms with Gasteiger partial charge in [-0.3, -0.25) is 10.1 Å². The second-order valence-corrected chi connectivity index (χ2v) is 5.60. The molecule has 0 bridgehead atoms. The van der Waals surface area contributed by atoms with Crippen LogP contribution in [0.4, 0.5) is 10.5 Å². The van der Waals surface area contributed by atoms with Crippen molar-refractivity contribution < 1.29 is 19.1 Å². The molecule has 0 aliphatic carbocycles. The van der Waals surface area contributed by atoms with Crippen LogP contribution in [0.1, 0.15) is 16.7 Å². The summed E-state index contributed by atoms with van der Waals surface area (Å²) in [6, 6.07) is 14.0. The number of hydrogen-bond donors (Lipinski definition) is 2. The van der Waals surface area contributed by atoms with Crippen LogP contribution >= 0.6 is 0 Å². The zero-order valence-corrected chi connectivity index (χ0v) is 14.6. The lowest BCUT2D eigenvalue weighted by atomic mass is 10.1. The average Bonchev–Trinajstić information content (AvgIpc) is 2.63. The van der Waals surface area contributed by atoms with Crippen LogP contribution in [-0.4, -0.2) is 24.5 Å². The maximum Gasteiger partial charge on any atom is 0.331 e. The molecule has 2 aromatic carbocycles. The second kappa shape index (κ2) is 9.17. The van der Waals surface area contributed by atoms with E-state index < -0.39 is 24.5 Å². The van der Waals surface area contributed by atoms with Gasteiger partial charge in [-0.05, 0) is 42.7 Å². The molecular formula is C20H20N2O4. The van der Waals surface area contributed by atoms with Gasteiger partial charge in [0.15, 0.2) is 6.61 Å². The number of anilines is 1. The molecule has 0 aliphatic rings. The molecule has 0 atom stereocenters. The number of nitrogens with one attached hydrogen (secondary N) is 2. The minimum Gasteiger partial charge on any atom is -0.452 e. The van der Waals surface area contributed by atoms with E-state index in [1.165, 1.54) is 6.08 Å². The van der Waals surface area contributed by atoms with Gasteiger partial charge >= 0.3 is 12.0 Å². The Bertz CT molecular complexity index is 829. The molecule has 3 amide bonds. The quantitative estimate of drug-likeness (QED) is 0.639. The number of ether oxygens (including phenoxy) is 1. The summed E-state index contributed by atoms with van der Waals surface area (Å²) in [6.45, 7) is 3.25. The van der Waals surface area contributed by atoms with Crippen molar-refractivity contribution in [2.75, 3.05) is 11.9 Å². The highest BCUT2D eigenvalue weighted by Gasteiger charge is 2.11. The van der Waals surface area contributed by atoms with E-state index in [4.69, 9.17) is 4.74 Å². The van der Waals surface area contributed by atoms with E-state index in [0.29, 0.717) is 5.69 Å². The number of imide groups is 1. The second-order valence-electron chi connectivity index (χ2n) is 5.60. The average molecular weight is 352 g/mol. The fourth-order valence-corrected chi connectivity index (χ4v) is 2.12. The maximum atomic E-state index is 11.8. The van der Waals surface area contributed by atoms with Gasteiger partial charge in [0, 0.05) is 11.8 Å². The summed E-state index contributed by atoms with van der Waals surface area (Å²) in [5.41, 5.74) is 3.38. The highest BCUT2D eigenvalue weighted by atomic mass is 16.5. The van der Waals surface area contributed by atoms with Crippen LogP contribution < -0.4 is 10.6 Å². The van der Waals surface area contributed by atoms with Crippen molar-refractivity contribution in [3.8, 4) is 0 Å². The van der Waals surface area contributed by atoms with E-state index in [-0.39, 0.29) is 0 Å². The summed E-state index contributed by atoms with van der Waals surface area (Å²) in [4.78, 5) is 35.1. The molecule has 0 heterocycles. The summed E-state index contributed by atoms with van der Waals surface area (Å²) in [7, 11) is 0. The van der Waals surface area contributed by atoms with Crippen LogP contribution in [0.3, 0.4) is 0 Å². The largest absolute Gasteiger partial charge is 0.452 e. The monoisotopic (exact) mass is 352 g/mol. The molecule has 0 unspecified atom stereocenters. The van der Waals surface area contributed by atoms with Gasteiger partial charge in [-0.25, -0.2) is 9.59 Å². The number of esters is 1. The van der Waals surface area contributed by atoms with E-state index in [0.717, 1.165) is 16.7 Å². The Morgan fingerprint density at radius 3 is 2.46 bits per heavy atom. The first-order chi connectivity index (χ1) is 12.5. The molecule has 134 valence electrons. The molecule has 0 saturated carbocycles. The minimum absolute atomic E-state index is 0.543. The van der Waals surface area contributed by atoms with Crippen LogP contribution in [-0.2, 0) is 14.3 Å². The van der Waals surface area contributed by atoms with E-state index in [1.54, 1.807) is 18.2 Å². The third-order valence-corrected chi connectivity index (χ3v) is 3.66. The number of benzene rings is 2. The summed E-state index contributed by atoms with van der Waals surface area (Å²) >= 11 is 0. The third-order valence-electron chi connectivity index (χ3n) is 3.66. The van der Waals surface area contributed by atoms with Crippen molar-refractivity contribution in [1.82, 2.24) is 5.32 Å². The van der Waals surface area contributed by atoms with Crippen LogP contribution in [0.5, 0.6) is 0 Å². The van der Waals surface area contributed by atoms with Crippen molar-refractivity contribution in [1.29, 1.82) is 0 Å². The Labute approximate surface area is 151 Å². The van der Waals surface area contributed by atoms with Crippen molar-refractivity contribution in [2.45, 2.75) is 13.8 Å². The van der Waals surface area contributed by atoms with Gasteiger partial charge < -0.3 is 10.1 Å². The SMILES string of the molecule is Cc1cccc(NC(=O)NC(=O)COC(=O)/C=C/c2ccccc2)c1C. The van der Waals surface area contributed by atoms with Crippen molar-refractivity contribution in [3.63, 3.8) is 0 Å². The first kappa shape index (κ1) is 18.9. The first-order valence-electron chi connectivity index (χ1n) is 8.02. The number of rotatable bonds is 5. The van der Waals surface area contributed by atoms with E-state index >= 15 is 0 Å². The molecule has 2 rings (SSSR count). The fraction of sp³-hybridized carbons (Fsp3) is 0.150. The molecule has 6 heteroatoms. The lowest BCUT2D eigenvalue weighted by Gasteiger charge is -2.10. The van der Waals surface area contributed by atoms with E-state index in [2.05, 4.69) is 10.6 Å². The third kappa shape index (κ3) is 5.90. The molecule has 26 heavy (non-hydrogen) atoms. The lowest BCUT2D eigenvalue weighted by molar-refractivity contribution is -0.143. The first-order valence-corrected chi connectivity index (χ1v) is 8.02. The van der Waals surface area contributed by atoms with Gasteiger partial charge in [0.2, 0.25) is 0 Å². The minimum atomic E-state index is -0.714. The van der Waals surface area contributed by atoms with E-state index in [9.17, 15) is 14.4 Å². The zero-order valence-electron chi connectivity index (χ0n) is 14.6. The van der Waals surface area contributed by atoms with E-state index in [1.807, 2.05) is 50.2 Å². The Morgan fingerprint density at radius 1 is 1.00 bits per heavy atom. The molecule has 0 aliphatic heterocycles. The fourth-order valence-electron chi connectivity index (χ4n) is 2.12. The number of amides is 3. The topological polar surface area (TPSA) is 84.5 Å². The highest BCUT2D eigenvalue weighted by molar-refractivity contribution is 6.02. The molecule has 0 fully saturated rings. The molecule has 0 radical (unpaired) electrons. The molecule has 6 nitrogen and oxygen atoms in total. The van der Waals surface area contributed by atoms with Crippen LogP contribution in [0.2, 0.25) is 0 Å². The molecule has 0 saturated heterocycles. The van der Waals surface area contributed by atoms with Crippen molar-refractivity contribution in [2.24, 2.45) is 0 Å². The van der Waals surface area contributed by atoms with Crippen LogP contribution in [0.25, 0.3) is 6.08 Å². The predicted molar refractivity (Wildman–Crippen MR) is 99.5 cm³/mol. The van der Waals surface area contributed by atoms with Gasteiger partial charge in [0.25, 0.3) is 5.91 Å². The van der Waals surface area contributed by atoms with Crippen molar-refractivity contribution >= 4 is 29.7 Å². The van der Waals surface area contributed by atoms with Gasteiger partial charge in [0.1, 0.15) is 0 Å². The van der Waals surface area contributed by atoms with Gasteiger partial charge in [-0.2, -0.15) is 0 Å². The molecule has 2 N–H and O–H groups in total. The summed E-state index contributed by atoms with van der Waals surface area (Å²) in [5, 5.41) is 4.70. The highest BCUT2D eigenvalue weighted by Crippen LogP contribution is 2.17. The Hall–Kier alpha value is -3.41. The van der Waals surface area contributed by atoms with Crippen LogP contribution in [0, 0.1) is 13.8 Å². The predicted octanol–water partition coefficient (Wildman–Crippen LogP) is 3.21. The Balaban J connectivity index is 1.77. The lowest BCUT2D eigenvalue weighted by Crippen LogP contribution is -2.37. The summed E-state index contributed by atoms with van der Waals surface area (Å²) < 4.78 is 4.80. The Kier molecular flexibility index (Phi) is 6.68. The number of hydrogen-bond acceptors (Lipinski definition) is 4. The number of carbonyl (C=O) groups excluding carboxylic acids is 3. The summed E-state index contributed by atoms with van der Waals surface area (Å²) in [6.07, 6.45) is 2.80. The Morgan fingerprint density at radius 2 is 1.73 bits per heavy atom. The molecular weight excluding hydrogens is 332 g/mol. The standard InChI is InChI=1S/C20H20N2O4/c1-14-7-6-10-17(15(14)2)21-20(25)22-18(23)13-26-19(24)12-11-16-8-4-3-5-9-16/h3-12H,13H2,1-2H3,(H2,21,22,23,25)/b12-11+. The number of carbonyl (C=O) groups is 3. The smallest absolute Gasteiger partial charge is 0.331 e. The normalized spacial score (nSPS) is 10.4. The van der Waals surface area contributed by atoms with Gasteiger partial charge in [-0.1, -0.05) is 42.5 Å². The van der Waals surface area contributed by atoms with Gasteiger partial charge in [0.05, 0.1) is 0 Å². The van der Waals surface area contributed by atoms with Crippen molar-refractivity contribution in [3.05, 3.63) is 71.3 Å². The van der Waals surface area contributed by atoms with Gasteiger partial charge in [-0.15, -0.1) is 0 Å². The number of aryl methyl sites for hydroxylation is 1. The summed E-state index contributed by atoms with van der Waals surface area (Å²) in [5.74, 6) is -1.38. The molecule has 0 spiro atoms. The number of urea groups is 1. The van der Waals surface area contributed by atoms with Crippen LogP contribution in [0.15, 0.2) is 54.6 Å². The molecule has 0 aromatic heterocycles. The zero-order chi connectivity index (χ0) is 18.9. The maximum absolute atomic E-state index is 11.8. The molecule has 2 aromatic rings.